The molecule has 0 aliphatic carbocycles. The van der Waals surface area contributed by atoms with Crippen LogP contribution >= 0.6 is 0 Å². The summed E-state index contributed by atoms with van der Waals surface area (Å²) in [5.74, 6) is 0.923. The Kier molecular flexibility index (Phi) is 3.75. The molecule has 5 heteroatoms. The lowest BCUT2D eigenvalue weighted by Crippen LogP contribution is -2.31. The van der Waals surface area contributed by atoms with E-state index in [-0.39, 0.29) is 0 Å². The zero-order valence-corrected chi connectivity index (χ0v) is 11.3. The standard InChI is InChI=1S/C14H21N5/c15-11-12-5-4-9-19-14(12)16-13(17-19)6-10-18-7-2-1-3-8-18/h4-5,9H,1-3,6-8,10-11,15H2. The molecule has 3 heterocycles. The number of pyridine rings is 1. The molecule has 2 aromatic rings. The monoisotopic (exact) mass is 259 g/mol. The lowest BCUT2D eigenvalue weighted by molar-refractivity contribution is 0.230. The van der Waals surface area contributed by atoms with E-state index in [9.17, 15) is 0 Å². The topological polar surface area (TPSA) is 59.5 Å². The first kappa shape index (κ1) is 12.6. The smallest absolute Gasteiger partial charge is 0.160 e. The molecule has 2 aromatic heterocycles. The second-order valence-electron chi connectivity index (χ2n) is 5.19. The fourth-order valence-electron chi connectivity index (χ4n) is 2.71. The number of hydrogen-bond acceptors (Lipinski definition) is 4. The summed E-state index contributed by atoms with van der Waals surface area (Å²) in [5, 5.41) is 4.53. The molecule has 0 bridgehead atoms. The normalized spacial score (nSPS) is 17.1. The van der Waals surface area contributed by atoms with Gasteiger partial charge in [-0.2, -0.15) is 5.10 Å². The van der Waals surface area contributed by atoms with Gasteiger partial charge in [-0.3, -0.25) is 0 Å². The molecule has 1 aliphatic rings. The first-order chi connectivity index (χ1) is 9.36. The van der Waals surface area contributed by atoms with Crippen LogP contribution in [0, 0.1) is 0 Å². The maximum atomic E-state index is 5.73. The maximum Gasteiger partial charge on any atom is 0.160 e. The van der Waals surface area contributed by atoms with E-state index < -0.39 is 0 Å². The van der Waals surface area contributed by atoms with Crippen molar-refractivity contribution in [1.82, 2.24) is 19.5 Å². The fraction of sp³-hybridized carbons (Fsp3) is 0.571. The van der Waals surface area contributed by atoms with Crippen molar-refractivity contribution in [2.75, 3.05) is 19.6 Å². The van der Waals surface area contributed by atoms with Gasteiger partial charge >= 0.3 is 0 Å². The number of piperidine rings is 1. The van der Waals surface area contributed by atoms with E-state index in [0.29, 0.717) is 6.54 Å². The van der Waals surface area contributed by atoms with Gasteiger partial charge in [0.15, 0.2) is 11.5 Å². The molecular weight excluding hydrogens is 238 g/mol. The van der Waals surface area contributed by atoms with Crippen molar-refractivity contribution < 1.29 is 0 Å². The molecule has 2 N–H and O–H groups in total. The molecule has 1 aliphatic heterocycles. The van der Waals surface area contributed by atoms with E-state index in [4.69, 9.17) is 5.73 Å². The first-order valence-electron chi connectivity index (χ1n) is 7.12. The van der Waals surface area contributed by atoms with Crippen LogP contribution in [0.5, 0.6) is 0 Å². The molecule has 19 heavy (non-hydrogen) atoms. The summed E-state index contributed by atoms with van der Waals surface area (Å²) in [5.41, 5.74) is 7.68. The van der Waals surface area contributed by atoms with Crippen LogP contribution < -0.4 is 5.73 Å². The van der Waals surface area contributed by atoms with Crippen molar-refractivity contribution >= 4 is 5.65 Å². The highest BCUT2D eigenvalue weighted by Crippen LogP contribution is 2.11. The quantitative estimate of drug-likeness (QED) is 0.897. The van der Waals surface area contributed by atoms with E-state index in [1.807, 2.05) is 22.8 Å². The Hall–Kier alpha value is -1.46. The molecule has 1 saturated heterocycles. The number of aromatic nitrogens is 3. The largest absolute Gasteiger partial charge is 0.326 e. The van der Waals surface area contributed by atoms with Gasteiger partial charge in [0, 0.05) is 31.3 Å². The van der Waals surface area contributed by atoms with Gasteiger partial charge in [-0.25, -0.2) is 9.50 Å². The minimum absolute atomic E-state index is 0.509. The van der Waals surface area contributed by atoms with Crippen molar-refractivity contribution in [3.8, 4) is 0 Å². The van der Waals surface area contributed by atoms with Crippen LogP contribution in [0.4, 0.5) is 0 Å². The predicted octanol–water partition coefficient (Wildman–Crippen LogP) is 1.22. The average Bonchev–Trinajstić information content (AvgIpc) is 2.89. The third kappa shape index (κ3) is 2.77. The van der Waals surface area contributed by atoms with E-state index in [2.05, 4.69) is 15.0 Å². The van der Waals surface area contributed by atoms with Gasteiger partial charge in [0.25, 0.3) is 0 Å². The highest BCUT2D eigenvalue weighted by Gasteiger charge is 2.12. The highest BCUT2D eigenvalue weighted by molar-refractivity contribution is 5.46. The Morgan fingerprint density at radius 2 is 2.05 bits per heavy atom. The number of nitrogens with two attached hydrogens (primary N) is 1. The Bertz CT molecular complexity index is 542. The summed E-state index contributed by atoms with van der Waals surface area (Å²) >= 11 is 0. The van der Waals surface area contributed by atoms with Crippen LogP contribution in [0.2, 0.25) is 0 Å². The molecule has 0 spiro atoms. The zero-order valence-electron chi connectivity index (χ0n) is 11.3. The van der Waals surface area contributed by atoms with Gasteiger partial charge in [-0.05, 0) is 32.0 Å². The molecule has 102 valence electrons. The van der Waals surface area contributed by atoms with Gasteiger partial charge in [0.1, 0.15) is 0 Å². The predicted molar refractivity (Wildman–Crippen MR) is 74.9 cm³/mol. The van der Waals surface area contributed by atoms with Crippen LogP contribution in [0.1, 0.15) is 30.7 Å². The molecule has 0 aromatic carbocycles. The molecule has 0 atom stereocenters. The number of hydrogen-bond donors (Lipinski definition) is 1. The number of nitrogens with zero attached hydrogens (tertiary/aromatic N) is 4. The minimum Gasteiger partial charge on any atom is -0.326 e. The lowest BCUT2D eigenvalue weighted by Gasteiger charge is -2.25. The van der Waals surface area contributed by atoms with E-state index >= 15 is 0 Å². The molecule has 0 unspecified atom stereocenters. The van der Waals surface area contributed by atoms with Gasteiger partial charge in [0.2, 0.25) is 0 Å². The molecular formula is C14H21N5. The zero-order chi connectivity index (χ0) is 13.1. The Balaban J connectivity index is 1.70. The minimum atomic E-state index is 0.509. The van der Waals surface area contributed by atoms with Crippen LogP contribution in [-0.2, 0) is 13.0 Å². The van der Waals surface area contributed by atoms with E-state index in [0.717, 1.165) is 30.0 Å². The van der Waals surface area contributed by atoms with Gasteiger partial charge in [-0.15, -0.1) is 0 Å². The highest BCUT2D eigenvalue weighted by atomic mass is 15.3. The summed E-state index contributed by atoms with van der Waals surface area (Å²) in [4.78, 5) is 7.13. The molecule has 0 saturated carbocycles. The van der Waals surface area contributed by atoms with E-state index in [1.165, 1.54) is 32.4 Å². The van der Waals surface area contributed by atoms with Gasteiger partial charge in [0.05, 0.1) is 0 Å². The van der Waals surface area contributed by atoms with Crippen molar-refractivity contribution in [3.05, 3.63) is 29.7 Å². The summed E-state index contributed by atoms with van der Waals surface area (Å²) in [6.07, 6.45) is 6.90. The maximum absolute atomic E-state index is 5.73. The van der Waals surface area contributed by atoms with Gasteiger partial charge in [-0.1, -0.05) is 12.5 Å². The second-order valence-corrected chi connectivity index (χ2v) is 5.19. The second kappa shape index (κ2) is 5.67. The molecule has 0 amide bonds. The van der Waals surface area contributed by atoms with Crippen molar-refractivity contribution in [2.45, 2.75) is 32.2 Å². The third-order valence-electron chi connectivity index (χ3n) is 3.81. The fourth-order valence-corrected chi connectivity index (χ4v) is 2.71. The Morgan fingerprint density at radius 3 is 2.84 bits per heavy atom. The Morgan fingerprint density at radius 1 is 1.21 bits per heavy atom. The molecule has 1 fully saturated rings. The van der Waals surface area contributed by atoms with Crippen molar-refractivity contribution in [2.24, 2.45) is 5.73 Å². The average molecular weight is 259 g/mol. The van der Waals surface area contributed by atoms with Crippen molar-refractivity contribution in [3.63, 3.8) is 0 Å². The number of likely N-dealkylation sites (tertiary alicyclic amines) is 1. The molecule has 0 radical (unpaired) electrons. The van der Waals surface area contributed by atoms with Crippen LogP contribution in [0.3, 0.4) is 0 Å². The van der Waals surface area contributed by atoms with Crippen LogP contribution in [0.25, 0.3) is 5.65 Å². The molecule has 3 rings (SSSR count). The lowest BCUT2D eigenvalue weighted by atomic mass is 10.1. The number of rotatable bonds is 4. The van der Waals surface area contributed by atoms with Crippen LogP contribution in [0.15, 0.2) is 18.3 Å². The summed E-state index contributed by atoms with van der Waals surface area (Å²) in [6, 6.07) is 3.98. The summed E-state index contributed by atoms with van der Waals surface area (Å²) in [6.45, 7) is 4.02. The Labute approximate surface area is 113 Å². The first-order valence-corrected chi connectivity index (χ1v) is 7.12. The summed E-state index contributed by atoms with van der Waals surface area (Å²) < 4.78 is 1.84. The number of fused-ring (bicyclic) bond motifs is 1. The van der Waals surface area contributed by atoms with Crippen molar-refractivity contribution in [1.29, 1.82) is 0 Å². The van der Waals surface area contributed by atoms with Crippen LogP contribution in [-0.4, -0.2) is 39.1 Å². The van der Waals surface area contributed by atoms with E-state index in [1.54, 1.807) is 0 Å². The van der Waals surface area contributed by atoms with Gasteiger partial charge < -0.3 is 10.6 Å². The summed E-state index contributed by atoms with van der Waals surface area (Å²) in [7, 11) is 0. The third-order valence-corrected chi connectivity index (χ3v) is 3.81. The SMILES string of the molecule is NCc1cccn2nc(CCN3CCCCC3)nc12. The molecule has 5 nitrogen and oxygen atoms in total.